The predicted molar refractivity (Wildman–Crippen MR) is 77.1 cm³/mol. The van der Waals surface area contributed by atoms with Crippen molar-refractivity contribution in [2.24, 2.45) is 7.05 Å². The van der Waals surface area contributed by atoms with Crippen LogP contribution in [-0.4, -0.2) is 14.9 Å². The molecule has 2 rings (SSSR count). The number of hydrogen-bond donors (Lipinski definition) is 1. The molecule has 0 spiro atoms. The summed E-state index contributed by atoms with van der Waals surface area (Å²) in [6.45, 7) is 7.83. The van der Waals surface area contributed by atoms with E-state index in [1.807, 2.05) is 27.8 Å². The molecule has 0 radical (unpaired) electrons. The van der Waals surface area contributed by atoms with Crippen molar-refractivity contribution in [3.8, 4) is 0 Å². The lowest BCUT2D eigenvalue weighted by molar-refractivity contribution is 0.217. The molecule has 0 fully saturated rings. The van der Waals surface area contributed by atoms with Crippen LogP contribution in [0.5, 0.6) is 0 Å². The van der Waals surface area contributed by atoms with Crippen LogP contribution in [-0.2, 0) is 12.5 Å². The Bertz CT molecular complexity index is 626. The number of halogens is 1. The van der Waals surface area contributed by atoms with Crippen LogP contribution in [0.4, 0.5) is 4.39 Å². The van der Waals surface area contributed by atoms with Crippen molar-refractivity contribution in [3.63, 3.8) is 0 Å². The third kappa shape index (κ3) is 2.75. The van der Waals surface area contributed by atoms with Crippen molar-refractivity contribution in [1.29, 1.82) is 0 Å². The van der Waals surface area contributed by atoms with Gasteiger partial charge in [-0.25, -0.2) is 4.39 Å². The van der Waals surface area contributed by atoms with Gasteiger partial charge in [0.15, 0.2) is 0 Å². The highest BCUT2D eigenvalue weighted by Crippen LogP contribution is 2.32. The number of hydrogen-bond acceptors (Lipinski definition) is 2. The third-order valence-electron chi connectivity index (χ3n) is 3.37. The fourth-order valence-electron chi connectivity index (χ4n) is 2.25. The van der Waals surface area contributed by atoms with Gasteiger partial charge in [-0.05, 0) is 24.1 Å². The molecule has 1 N–H and O–H groups in total. The van der Waals surface area contributed by atoms with Crippen molar-refractivity contribution >= 4 is 0 Å². The summed E-state index contributed by atoms with van der Waals surface area (Å²) in [5.74, 6) is -0.303. The molecule has 3 nitrogen and oxygen atoms in total. The van der Waals surface area contributed by atoms with Crippen molar-refractivity contribution in [2.75, 3.05) is 0 Å². The van der Waals surface area contributed by atoms with Gasteiger partial charge < -0.3 is 5.11 Å². The van der Waals surface area contributed by atoms with Gasteiger partial charge in [0.1, 0.15) is 11.9 Å². The number of rotatable bonds is 2. The molecule has 0 amide bonds. The normalized spacial score (nSPS) is 13.6. The van der Waals surface area contributed by atoms with Crippen molar-refractivity contribution in [1.82, 2.24) is 9.78 Å². The highest BCUT2D eigenvalue weighted by Gasteiger charge is 2.26. The number of aromatic nitrogens is 2. The van der Waals surface area contributed by atoms with Crippen LogP contribution < -0.4 is 0 Å². The second-order valence-corrected chi connectivity index (χ2v) is 6.27. The Labute approximate surface area is 119 Å². The lowest BCUT2D eigenvalue weighted by atomic mass is 9.87. The summed E-state index contributed by atoms with van der Waals surface area (Å²) in [5, 5.41) is 15.0. The average Bonchev–Trinajstić information content (AvgIpc) is 2.74. The van der Waals surface area contributed by atoms with Gasteiger partial charge in [0, 0.05) is 24.2 Å². The van der Waals surface area contributed by atoms with E-state index in [1.54, 1.807) is 29.9 Å². The molecule has 0 bridgehead atoms. The van der Waals surface area contributed by atoms with E-state index in [0.717, 1.165) is 11.3 Å². The van der Waals surface area contributed by atoms with E-state index in [2.05, 4.69) is 5.10 Å². The zero-order valence-corrected chi connectivity index (χ0v) is 12.6. The Morgan fingerprint density at radius 2 is 1.95 bits per heavy atom. The molecule has 0 saturated heterocycles. The molecule has 2 aromatic rings. The van der Waals surface area contributed by atoms with Crippen LogP contribution in [0.3, 0.4) is 0 Å². The average molecular weight is 276 g/mol. The number of aliphatic hydroxyl groups excluding tert-OH is 1. The maximum atomic E-state index is 13.7. The number of benzene rings is 1. The first-order valence-electron chi connectivity index (χ1n) is 6.68. The molecule has 0 aliphatic carbocycles. The maximum absolute atomic E-state index is 13.7. The molecular formula is C16H21FN2O. The first-order valence-corrected chi connectivity index (χ1v) is 6.68. The van der Waals surface area contributed by atoms with Crippen LogP contribution in [0, 0.1) is 12.7 Å². The first-order chi connectivity index (χ1) is 9.20. The maximum Gasteiger partial charge on any atom is 0.126 e. The standard InChI is InChI=1S/C16H21FN2O/c1-10-6-7-11(8-13(10)17)14(20)12-9-19(5)18-15(12)16(2,3)4/h6-9,14,20H,1-5H3. The Kier molecular flexibility index (Phi) is 3.69. The SMILES string of the molecule is Cc1ccc(C(O)c2cn(C)nc2C(C)(C)C)cc1F. The van der Waals surface area contributed by atoms with Gasteiger partial charge in [0.2, 0.25) is 0 Å². The van der Waals surface area contributed by atoms with Crippen molar-refractivity contribution in [3.05, 3.63) is 52.6 Å². The predicted octanol–water partition coefficient (Wildman–Crippen LogP) is 3.25. The van der Waals surface area contributed by atoms with E-state index in [9.17, 15) is 9.50 Å². The number of nitrogens with zero attached hydrogens (tertiary/aromatic N) is 2. The zero-order valence-electron chi connectivity index (χ0n) is 12.6. The van der Waals surface area contributed by atoms with Gasteiger partial charge in [-0.1, -0.05) is 32.9 Å². The summed E-state index contributed by atoms with van der Waals surface area (Å²) in [6.07, 6.45) is 0.927. The fraction of sp³-hybridized carbons (Fsp3) is 0.438. The van der Waals surface area contributed by atoms with Gasteiger partial charge in [-0.2, -0.15) is 5.10 Å². The molecule has 0 aliphatic heterocycles. The lowest BCUT2D eigenvalue weighted by Gasteiger charge is -2.20. The molecule has 0 saturated carbocycles. The summed E-state index contributed by atoms with van der Waals surface area (Å²) < 4.78 is 15.3. The Morgan fingerprint density at radius 1 is 1.30 bits per heavy atom. The summed E-state index contributed by atoms with van der Waals surface area (Å²) >= 11 is 0. The smallest absolute Gasteiger partial charge is 0.126 e. The largest absolute Gasteiger partial charge is 0.384 e. The molecule has 1 aromatic carbocycles. The highest BCUT2D eigenvalue weighted by atomic mass is 19.1. The van der Waals surface area contributed by atoms with Crippen LogP contribution in [0.2, 0.25) is 0 Å². The monoisotopic (exact) mass is 276 g/mol. The van der Waals surface area contributed by atoms with Crippen LogP contribution >= 0.6 is 0 Å². The van der Waals surface area contributed by atoms with Gasteiger partial charge >= 0.3 is 0 Å². The van der Waals surface area contributed by atoms with Crippen LogP contribution in [0.1, 0.15) is 49.3 Å². The number of aryl methyl sites for hydroxylation is 2. The molecule has 1 aromatic heterocycles. The molecule has 1 unspecified atom stereocenters. The minimum absolute atomic E-state index is 0.180. The summed E-state index contributed by atoms with van der Waals surface area (Å²) in [5.41, 5.74) is 2.49. The first kappa shape index (κ1) is 14.7. The molecule has 0 aliphatic rings. The van der Waals surface area contributed by atoms with Crippen LogP contribution in [0.15, 0.2) is 24.4 Å². The summed E-state index contributed by atoms with van der Waals surface area (Å²) in [6, 6.07) is 4.82. The van der Waals surface area contributed by atoms with Crippen molar-refractivity contribution < 1.29 is 9.50 Å². The van der Waals surface area contributed by atoms with Gasteiger partial charge in [0.05, 0.1) is 5.69 Å². The molecular weight excluding hydrogens is 255 g/mol. The van der Waals surface area contributed by atoms with Gasteiger partial charge in [0.25, 0.3) is 0 Å². The van der Waals surface area contributed by atoms with Crippen molar-refractivity contribution in [2.45, 2.75) is 39.2 Å². The minimum atomic E-state index is -0.868. The number of aliphatic hydroxyl groups is 1. The van der Waals surface area contributed by atoms with Gasteiger partial charge in [-0.3, -0.25) is 4.68 Å². The molecule has 4 heteroatoms. The zero-order chi connectivity index (χ0) is 15.1. The second-order valence-electron chi connectivity index (χ2n) is 6.27. The molecule has 20 heavy (non-hydrogen) atoms. The Hall–Kier alpha value is -1.68. The highest BCUT2D eigenvalue weighted by molar-refractivity contribution is 5.35. The van der Waals surface area contributed by atoms with E-state index in [1.165, 1.54) is 6.07 Å². The third-order valence-corrected chi connectivity index (χ3v) is 3.37. The van der Waals surface area contributed by atoms with E-state index in [-0.39, 0.29) is 11.2 Å². The quantitative estimate of drug-likeness (QED) is 0.914. The minimum Gasteiger partial charge on any atom is -0.384 e. The summed E-state index contributed by atoms with van der Waals surface area (Å²) in [4.78, 5) is 0. The van der Waals surface area contributed by atoms with E-state index in [0.29, 0.717) is 11.1 Å². The molecule has 108 valence electrons. The topological polar surface area (TPSA) is 38.0 Å². The Morgan fingerprint density at radius 3 is 2.50 bits per heavy atom. The van der Waals surface area contributed by atoms with E-state index >= 15 is 0 Å². The molecule has 1 atom stereocenters. The lowest BCUT2D eigenvalue weighted by Crippen LogP contribution is -2.16. The molecule has 1 heterocycles. The Balaban J connectivity index is 2.48. The fourth-order valence-corrected chi connectivity index (χ4v) is 2.25. The van der Waals surface area contributed by atoms with E-state index in [4.69, 9.17) is 0 Å². The van der Waals surface area contributed by atoms with Crippen LogP contribution in [0.25, 0.3) is 0 Å². The van der Waals surface area contributed by atoms with Gasteiger partial charge in [-0.15, -0.1) is 0 Å². The van der Waals surface area contributed by atoms with E-state index < -0.39 is 6.10 Å². The second kappa shape index (κ2) is 5.02. The summed E-state index contributed by atoms with van der Waals surface area (Å²) in [7, 11) is 1.82.